The van der Waals surface area contributed by atoms with E-state index in [1.165, 1.54) is 180 Å². The Labute approximate surface area is 283 Å². The highest BCUT2D eigenvalue weighted by molar-refractivity contribution is 5.76. The number of hydrogen-bond donors (Lipinski definition) is 2. The molecule has 0 aromatic heterocycles. The fourth-order valence-electron chi connectivity index (χ4n) is 6.16. The summed E-state index contributed by atoms with van der Waals surface area (Å²) in [5.74, 6) is 0.0774. The number of rotatable bonds is 36. The van der Waals surface area contributed by atoms with Gasteiger partial charge in [0.15, 0.2) is 0 Å². The van der Waals surface area contributed by atoms with Gasteiger partial charge < -0.3 is 10.4 Å². The molecule has 0 saturated carbocycles. The molecular weight excluding hydrogens is 550 g/mol. The molecule has 0 spiro atoms. The first kappa shape index (κ1) is 43.9. The van der Waals surface area contributed by atoms with Gasteiger partial charge in [0.05, 0.1) is 12.1 Å². The van der Waals surface area contributed by atoms with Gasteiger partial charge in [-0.3, -0.25) is 4.79 Å². The van der Waals surface area contributed by atoms with Gasteiger partial charge in [0, 0.05) is 6.42 Å². The Kier molecular flexibility index (Phi) is 36.5. The van der Waals surface area contributed by atoms with Crippen LogP contribution in [0.4, 0.5) is 0 Å². The van der Waals surface area contributed by atoms with Gasteiger partial charge in [-0.15, -0.1) is 0 Å². The summed E-state index contributed by atoms with van der Waals surface area (Å²) in [6.07, 6.45) is 49.8. The molecule has 0 rings (SSSR count). The van der Waals surface area contributed by atoms with E-state index in [9.17, 15) is 9.90 Å². The van der Waals surface area contributed by atoms with Gasteiger partial charge in [-0.1, -0.05) is 192 Å². The molecule has 2 atom stereocenters. The highest BCUT2D eigenvalue weighted by Gasteiger charge is 2.13. The van der Waals surface area contributed by atoms with Crippen LogP contribution in [0.1, 0.15) is 226 Å². The zero-order valence-corrected chi connectivity index (χ0v) is 30.9. The van der Waals surface area contributed by atoms with Crippen molar-refractivity contribution in [2.45, 2.75) is 238 Å². The molecular formula is C42H81NO2. The molecule has 0 bridgehead atoms. The molecule has 3 heteroatoms. The molecule has 266 valence electrons. The van der Waals surface area contributed by atoms with Crippen LogP contribution in [0.25, 0.3) is 0 Å². The number of carbonyl (C=O) groups is 1. The molecule has 2 unspecified atom stereocenters. The second-order valence-electron chi connectivity index (χ2n) is 14.1. The van der Waals surface area contributed by atoms with Gasteiger partial charge in [-0.25, -0.2) is 0 Å². The highest BCUT2D eigenvalue weighted by Crippen LogP contribution is 2.14. The minimum atomic E-state index is -0.599. The Hall–Kier alpha value is -1.09. The molecule has 0 aromatic carbocycles. The maximum atomic E-state index is 12.3. The van der Waals surface area contributed by atoms with Gasteiger partial charge in [0.25, 0.3) is 0 Å². The van der Waals surface area contributed by atoms with Gasteiger partial charge in [-0.05, 0) is 51.9 Å². The van der Waals surface area contributed by atoms with E-state index in [4.69, 9.17) is 0 Å². The van der Waals surface area contributed by atoms with Crippen LogP contribution in [0.3, 0.4) is 0 Å². The number of carbonyl (C=O) groups excluding carboxylic acids is 1. The predicted molar refractivity (Wildman–Crippen MR) is 201 cm³/mol. The van der Waals surface area contributed by atoms with Crippen LogP contribution in [0.5, 0.6) is 0 Å². The molecule has 0 aliphatic carbocycles. The molecule has 2 N–H and O–H groups in total. The van der Waals surface area contributed by atoms with Crippen LogP contribution in [0.15, 0.2) is 24.3 Å². The van der Waals surface area contributed by atoms with Crippen LogP contribution < -0.4 is 5.32 Å². The van der Waals surface area contributed by atoms with Crippen molar-refractivity contribution in [2.24, 2.45) is 0 Å². The lowest BCUT2D eigenvalue weighted by Gasteiger charge is -2.17. The summed E-state index contributed by atoms with van der Waals surface area (Å²) in [6, 6.07) is -0.225. The van der Waals surface area contributed by atoms with Gasteiger partial charge in [0.2, 0.25) is 5.91 Å². The molecule has 0 saturated heterocycles. The van der Waals surface area contributed by atoms with Crippen molar-refractivity contribution < 1.29 is 9.90 Å². The third-order valence-corrected chi connectivity index (χ3v) is 9.37. The third kappa shape index (κ3) is 35.6. The smallest absolute Gasteiger partial charge is 0.220 e. The lowest BCUT2D eigenvalue weighted by Crippen LogP contribution is -2.40. The summed E-state index contributed by atoms with van der Waals surface area (Å²) >= 11 is 0. The van der Waals surface area contributed by atoms with Crippen molar-refractivity contribution in [3.8, 4) is 0 Å². The van der Waals surface area contributed by atoms with Crippen molar-refractivity contribution >= 4 is 5.91 Å². The Bertz CT molecular complexity index is 643. The average molecular weight is 632 g/mol. The monoisotopic (exact) mass is 632 g/mol. The van der Waals surface area contributed by atoms with Crippen LogP contribution in [0.2, 0.25) is 0 Å². The van der Waals surface area contributed by atoms with E-state index in [-0.39, 0.29) is 11.9 Å². The molecule has 0 aliphatic rings. The van der Waals surface area contributed by atoms with Crippen LogP contribution in [-0.2, 0) is 4.79 Å². The SMILES string of the molecule is CCCCCCCCC=CCCCCCCCCCCCCCC(=O)NC(C)C(O)C=CCCCCCCCCCCCCC. The van der Waals surface area contributed by atoms with Crippen molar-refractivity contribution in [1.82, 2.24) is 5.32 Å². The Morgan fingerprint density at radius 1 is 0.489 bits per heavy atom. The standard InChI is InChI=1S/C42H81NO2/c1-4-6-8-10-12-14-16-18-19-20-21-22-23-24-25-27-29-31-33-35-37-39-42(45)43-40(3)41(44)38-36-34-32-30-28-26-17-15-13-11-9-7-5-2/h18-19,36,38,40-41,44H,4-17,20-35,37,39H2,1-3H3,(H,43,45). The second-order valence-corrected chi connectivity index (χ2v) is 14.1. The first-order valence-corrected chi connectivity index (χ1v) is 20.4. The summed E-state index contributed by atoms with van der Waals surface area (Å²) in [4.78, 5) is 12.3. The van der Waals surface area contributed by atoms with Crippen LogP contribution in [-0.4, -0.2) is 23.2 Å². The summed E-state index contributed by atoms with van der Waals surface area (Å²) in [5.41, 5.74) is 0. The number of unbranched alkanes of at least 4 members (excludes halogenated alkanes) is 28. The number of amides is 1. The molecule has 0 aromatic rings. The number of nitrogens with one attached hydrogen (secondary N) is 1. The van der Waals surface area contributed by atoms with E-state index in [1.54, 1.807) is 0 Å². The maximum absolute atomic E-state index is 12.3. The normalized spacial score (nSPS) is 13.2. The lowest BCUT2D eigenvalue weighted by atomic mass is 10.0. The number of hydrogen-bond acceptors (Lipinski definition) is 2. The average Bonchev–Trinajstić information content (AvgIpc) is 3.03. The maximum Gasteiger partial charge on any atom is 0.220 e. The summed E-state index contributed by atoms with van der Waals surface area (Å²) in [5, 5.41) is 13.4. The number of aliphatic hydroxyl groups excluding tert-OH is 1. The molecule has 1 amide bonds. The Balaban J connectivity index is 3.44. The first-order valence-electron chi connectivity index (χ1n) is 20.4. The van der Waals surface area contributed by atoms with Crippen molar-refractivity contribution in [3.63, 3.8) is 0 Å². The Morgan fingerprint density at radius 2 is 0.800 bits per heavy atom. The molecule has 45 heavy (non-hydrogen) atoms. The van der Waals surface area contributed by atoms with E-state index in [2.05, 4.69) is 37.4 Å². The van der Waals surface area contributed by atoms with Crippen molar-refractivity contribution in [1.29, 1.82) is 0 Å². The number of allylic oxidation sites excluding steroid dienone is 3. The molecule has 0 fully saturated rings. The second kappa shape index (κ2) is 37.4. The summed E-state index contributed by atoms with van der Waals surface area (Å²) < 4.78 is 0. The fraction of sp³-hybridized carbons (Fsp3) is 0.881. The summed E-state index contributed by atoms with van der Waals surface area (Å²) in [6.45, 7) is 6.47. The molecule has 0 aliphatic heterocycles. The Morgan fingerprint density at radius 3 is 1.18 bits per heavy atom. The zero-order chi connectivity index (χ0) is 32.9. The molecule has 0 heterocycles. The molecule has 0 radical (unpaired) electrons. The van der Waals surface area contributed by atoms with Gasteiger partial charge in [-0.2, -0.15) is 0 Å². The van der Waals surface area contributed by atoms with E-state index in [0.29, 0.717) is 6.42 Å². The van der Waals surface area contributed by atoms with E-state index in [1.807, 2.05) is 13.0 Å². The van der Waals surface area contributed by atoms with Crippen molar-refractivity contribution in [3.05, 3.63) is 24.3 Å². The zero-order valence-electron chi connectivity index (χ0n) is 30.9. The topological polar surface area (TPSA) is 49.3 Å². The van der Waals surface area contributed by atoms with Crippen molar-refractivity contribution in [2.75, 3.05) is 0 Å². The lowest BCUT2D eigenvalue weighted by molar-refractivity contribution is -0.122. The van der Waals surface area contributed by atoms with Crippen LogP contribution >= 0.6 is 0 Å². The minimum Gasteiger partial charge on any atom is -0.387 e. The fourth-order valence-corrected chi connectivity index (χ4v) is 6.16. The number of aliphatic hydroxyl groups is 1. The molecule has 3 nitrogen and oxygen atoms in total. The van der Waals surface area contributed by atoms with E-state index >= 15 is 0 Å². The van der Waals surface area contributed by atoms with Gasteiger partial charge in [0.1, 0.15) is 0 Å². The first-order chi connectivity index (χ1) is 22.1. The minimum absolute atomic E-state index is 0.0774. The van der Waals surface area contributed by atoms with Gasteiger partial charge >= 0.3 is 0 Å². The third-order valence-electron chi connectivity index (χ3n) is 9.37. The predicted octanol–water partition coefficient (Wildman–Crippen LogP) is 13.5. The summed E-state index contributed by atoms with van der Waals surface area (Å²) in [7, 11) is 0. The van der Waals surface area contributed by atoms with Crippen LogP contribution in [0, 0.1) is 0 Å². The largest absolute Gasteiger partial charge is 0.387 e. The van der Waals surface area contributed by atoms with E-state index < -0.39 is 6.10 Å². The van der Waals surface area contributed by atoms with E-state index in [0.717, 1.165) is 19.3 Å². The quantitative estimate of drug-likeness (QED) is 0.0534. The highest BCUT2D eigenvalue weighted by atomic mass is 16.3.